The highest BCUT2D eigenvalue weighted by Crippen LogP contribution is 2.26. The molecule has 0 saturated heterocycles. The topological polar surface area (TPSA) is 243 Å². The van der Waals surface area contributed by atoms with Gasteiger partial charge in [-0.2, -0.15) is 0 Å². The first-order valence-electron chi connectivity index (χ1n) is 15.8. The number of carbonyl (C=O) groups is 4. The van der Waals surface area contributed by atoms with Crippen LogP contribution in [0, 0.1) is 25.7 Å². The van der Waals surface area contributed by atoms with E-state index in [0.717, 1.165) is 22.3 Å². The number of nitrogens with zero attached hydrogens (tertiary/aromatic N) is 1. The van der Waals surface area contributed by atoms with Crippen molar-refractivity contribution in [2.24, 2.45) is 45.5 Å². The van der Waals surface area contributed by atoms with E-state index in [1.165, 1.54) is 0 Å². The van der Waals surface area contributed by atoms with Crippen LogP contribution in [0.25, 0.3) is 0 Å². The van der Waals surface area contributed by atoms with E-state index in [1.807, 2.05) is 44.2 Å². The minimum Gasteiger partial charge on any atom is -0.508 e. The summed E-state index contributed by atoms with van der Waals surface area (Å²) in [5.74, 6) is -3.24. The quantitative estimate of drug-likeness (QED) is 0.0594. The molecule has 12 nitrogen and oxygen atoms in total. The van der Waals surface area contributed by atoms with Crippen molar-refractivity contribution in [3.8, 4) is 5.75 Å². The van der Waals surface area contributed by atoms with Crippen LogP contribution in [-0.4, -0.2) is 59.6 Å². The number of unbranched alkanes of at least 4 members (excludes halogenated alkanes) is 1. The monoisotopic (exact) mass is 637 g/mol. The fourth-order valence-corrected chi connectivity index (χ4v) is 5.52. The molecule has 0 bridgehead atoms. The maximum absolute atomic E-state index is 13.9. The van der Waals surface area contributed by atoms with Crippen molar-refractivity contribution in [1.29, 1.82) is 0 Å². The molecular weight excluding hydrogens is 586 g/mol. The van der Waals surface area contributed by atoms with Crippen LogP contribution in [0.3, 0.4) is 0 Å². The van der Waals surface area contributed by atoms with Crippen LogP contribution in [0.5, 0.6) is 5.75 Å². The highest BCUT2D eigenvalue weighted by Gasteiger charge is 2.31. The molecule has 46 heavy (non-hydrogen) atoms. The minimum atomic E-state index is -0.899. The van der Waals surface area contributed by atoms with Crippen LogP contribution in [0.15, 0.2) is 47.5 Å². The number of carbonyl (C=O) groups excluding carboxylic acids is 4. The van der Waals surface area contributed by atoms with Gasteiger partial charge in [-0.15, -0.1) is 0 Å². The second kappa shape index (κ2) is 19.3. The average molecular weight is 638 g/mol. The Hall–Kier alpha value is -4.29. The van der Waals surface area contributed by atoms with Crippen molar-refractivity contribution >= 4 is 29.3 Å². The van der Waals surface area contributed by atoms with E-state index in [4.69, 9.17) is 28.7 Å². The highest BCUT2D eigenvalue weighted by atomic mass is 16.3. The number of nitrogens with one attached hydrogen (secondary N) is 1. The number of primary amides is 1. The zero-order valence-electron chi connectivity index (χ0n) is 27.0. The Morgan fingerprint density at radius 2 is 1.48 bits per heavy atom. The molecule has 0 saturated carbocycles. The second-order valence-corrected chi connectivity index (χ2v) is 12.0. The number of aryl methyl sites for hydroxylation is 2. The van der Waals surface area contributed by atoms with Crippen molar-refractivity contribution < 1.29 is 24.3 Å². The Bertz CT molecular complexity index is 1320. The number of benzene rings is 2. The molecule has 0 aromatic heterocycles. The van der Waals surface area contributed by atoms with E-state index in [1.54, 1.807) is 12.1 Å². The number of nitrogens with two attached hydrogens (primary N) is 5. The summed E-state index contributed by atoms with van der Waals surface area (Å²) in [6.45, 7) is 4.39. The number of phenols is 1. The molecule has 2 aromatic carbocycles. The van der Waals surface area contributed by atoms with E-state index in [2.05, 4.69) is 10.3 Å². The Morgan fingerprint density at radius 1 is 0.848 bits per heavy atom. The van der Waals surface area contributed by atoms with Gasteiger partial charge in [0, 0.05) is 31.2 Å². The van der Waals surface area contributed by atoms with Gasteiger partial charge in [0.15, 0.2) is 11.7 Å². The number of hydrogen-bond donors (Lipinski definition) is 7. The van der Waals surface area contributed by atoms with Gasteiger partial charge in [-0.05, 0) is 99.7 Å². The zero-order chi connectivity index (χ0) is 34.2. The van der Waals surface area contributed by atoms with Crippen molar-refractivity contribution in [2.45, 2.75) is 83.7 Å². The number of amides is 2. The van der Waals surface area contributed by atoms with Crippen LogP contribution in [0.2, 0.25) is 0 Å². The lowest BCUT2D eigenvalue weighted by Gasteiger charge is -2.25. The van der Waals surface area contributed by atoms with Gasteiger partial charge in [-0.3, -0.25) is 24.2 Å². The van der Waals surface area contributed by atoms with Crippen molar-refractivity contribution in [3.05, 3.63) is 64.7 Å². The predicted octanol–water partition coefficient (Wildman–Crippen LogP) is 1.43. The summed E-state index contributed by atoms with van der Waals surface area (Å²) < 4.78 is 0. The fourth-order valence-electron chi connectivity index (χ4n) is 5.52. The number of guanidine groups is 1. The maximum atomic E-state index is 13.9. The minimum absolute atomic E-state index is 0.0472. The Morgan fingerprint density at radius 3 is 2.07 bits per heavy atom. The molecule has 4 atom stereocenters. The van der Waals surface area contributed by atoms with Crippen LogP contribution >= 0.6 is 0 Å². The number of phenolic OH excluding ortho intramolecular Hbond substituents is 1. The van der Waals surface area contributed by atoms with E-state index in [-0.39, 0.29) is 42.5 Å². The van der Waals surface area contributed by atoms with Gasteiger partial charge in [0.05, 0.1) is 12.1 Å². The zero-order valence-corrected chi connectivity index (χ0v) is 27.0. The van der Waals surface area contributed by atoms with Gasteiger partial charge < -0.3 is 39.1 Å². The number of Topliss-reactive ketones (excluding diaryl/α,β-unsaturated/α-hetero) is 2. The highest BCUT2D eigenvalue weighted by molar-refractivity contribution is 5.94. The lowest BCUT2D eigenvalue weighted by molar-refractivity contribution is -0.133. The fraction of sp³-hybridized carbons (Fsp3) is 0.500. The summed E-state index contributed by atoms with van der Waals surface area (Å²) in [5.41, 5.74) is 31.5. The predicted molar refractivity (Wildman–Crippen MR) is 180 cm³/mol. The molecule has 0 aliphatic carbocycles. The lowest BCUT2D eigenvalue weighted by Crippen LogP contribution is -2.46. The van der Waals surface area contributed by atoms with Crippen molar-refractivity contribution in [2.75, 3.05) is 13.1 Å². The molecule has 0 aliphatic heterocycles. The van der Waals surface area contributed by atoms with Crippen molar-refractivity contribution in [1.82, 2.24) is 5.32 Å². The molecule has 0 spiro atoms. The summed E-state index contributed by atoms with van der Waals surface area (Å²) in [4.78, 5) is 57.1. The summed E-state index contributed by atoms with van der Waals surface area (Å²) >= 11 is 0. The first-order valence-corrected chi connectivity index (χ1v) is 15.8. The van der Waals surface area contributed by atoms with Gasteiger partial charge in [0.2, 0.25) is 11.8 Å². The van der Waals surface area contributed by atoms with E-state index < -0.39 is 35.7 Å². The molecule has 12 N–H and O–H groups in total. The summed E-state index contributed by atoms with van der Waals surface area (Å²) in [5, 5.41) is 12.9. The second-order valence-electron chi connectivity index (χ2n) is 12.0. The third-order valence-corrected chi connectivity index (χ3v) is 8.16. The normalized spacial score (nSPS) is 13.7. The van der Waals surface area contributed by atoms with Gasteiger partial charge in [-0.25, -0.2) is 0 Å². The van der Waals surface area contributed by atoms with Crippen LogP contribution in [0.4, 0.5) is 0 Å². The third-order valence-electron chi connectivity index (χ3n) is 8.16. The molecule has 0 fully saturated rings. The van der Waals surface area contributed by atoms with Gasteiger partial charge in [0.25, 0.3) is 0 Å². The largest absolute Gasteiger partial charge is 0.508 e. The van der Waals surface area contributed by atoms with Crippen LogP contribution < -0.4 is 34.0 Å². The first kappa shape index (κ1) is 37.9. The Kier molecular flexibility index (Phi) is 15.9. The molecule has 0 aliphatic rings. The average Bonchev–Trinajstić information content (AvgIpc) is 2.99. The van der Waals surface area contributed by atoms with E-state index in [0.29, 0.717) is 51.6 Å². The number of aliphatic imine (C=N–C) groups is 1. The molecular formula is C34H51N7O5. The molecule has 12 heteroatoms. The molecule has 2 aromatic rings. The van der Waals surface area contributed by atoms with Gasteiger partial charge >= 0.3 is 0 Å². The van der Waals surface area contributed by atoms with E-state index in [9.17, 15) is 24.3 Å². The lowest BCUT2D eigenvalue weighted by atomic mass is 9.86. The SMILES string of the molecule is Cc1cc(O)cc(C)c1C[C@H](CC(=O)[C@H](N)CCCN=C(N)N)C(=O)N[C@@H](CCCCN)C(=O)CC(Cc1ccccc1)C(N)=O. The Balaban J connectivity index is 2.30. The molecule has 2 amide bonds. The maximum Gasteiger partial charge on any atom is 0.224 e. The summed E-state index contributed by atoms with van der Waals surface area (Å²) in [7, 11) is 0. The van der Waals surface area contributed by atoms with Gasteiger partial charge in [0.1, 0.15) is 11.5 Å². The van der Waals surface area contributed by atoms with Crippen molar-refractivity contribution in [3.63, 3.8) is 0 Å². The van der Waals surface area contributed by atoms with Gasteiger partial charge in [-0.1, -0.05) is 30.3 Å². The number of hydrogen-bond acceptors (Lipinski definition) is 8. The third kappa shape index (κ3) is 13.0. The number of rotatable bonds is 21. The Labute approximate surface area is 271 Å². The standard InChI is InChI=1S/C34H51N7O5/c1-21-15-26(42)16-22(2)27(21)18-25(20-30(43)28(36)11-8-14-40-34(38)39)33(46)41-29(12-6-7-13-35)31(44)19-24(32(37)45)17-23-9-4-3-5-10-23/h3-5,9-10,15-16,24-25,28-29,42H,6-8,11-14,17-20,35-36H2,1-2H3,(H2,37,45)(H,41,46)(H4,38,39,40)/t24?,25-,28-,29+/m1/s1. The molecule has 0 radical (unpaired) electrons. The van der Waals surface area contributed by atoms with Crippen LogP contribution in [0.1, 0.15) is 67.2 Å². The summed E-state index contributed by atoms with van der Waals surface area (Å²) in [6.07, 6.45) is 2.55. The molecule has 1 unspecified atom stereocenters. The molecule has 252 valence electrons. The molecule has 2 rings (SSSR count). The first-order chi connectivity index (χ1) is 21.8. The number of aromatic hydroxyl groups is 1. The molecule has 0 heterocycles. The summed E-state index contributed by atoms with van der Waals surface area (Å²) in [6, 6.07) is 10.8. The van der Waals surface area contributed by atoms with Crippen LogP contribution in [-0.2, 0) is 32.0 Å². The van der Waals surface area contributed by atoms with E-state index >= 15 is 0 Å². The smallest absolute Gasteiger partial charge is 0.224 e. The number of ketones is 2.